The van der Waals surface area contributed by atoms with E-state index >= 15 is 4.39 Å². The van der Waals surface area contributed by atoms with Crippen LogP contribution in [0, 0.1) is 0 Å². The molecule has 4 fully saturated rings. The minimum Gasteiger partial charge on any atom is -0.465 e. The second kappa shape index (κ2) is 19.6. The Hall–Kier alpha value is -4.76. The molecule has 17 heteroatoms. The first-order valence-corrected chi connectivity index (χ1v) is 25.1. The molecule has 3 amide bonds. The first-order valence-electron chi connectivity index (χ1n) is 22.6. The number of likely N-dealkylation sites (tertiary alicyclic amines) is 1. The number of para-hydroxylation sites is 1. The number of nitrogens with one attached hydrogen (secondary N) is 2. The first-order chi connectivity index (χ1) is 31.2. The van der Waals surface area contributed by atoms with Crippen molar-refractivity contribution in [3.8, 4) is 5.75 Å². The van der Waals surface area contributed by atoms with Crippen molar-refractivity contribution >= 4 is 52.6 Å². The number of esters is 1. The molecule has 1 aromatic heterocycles. The van der Waals surface area contributed by atoms with Crippen molar-refractivity contribution in [3.05, 3.63) is 101 Å². The Morgan fingerprint density at radius 2 is 1.69 bits per heavy atom. The monoisotopic (exact) mass is 935 g/mol. The van der Waals surface area contributed by atoms with Gasteiger partial charge >= 0.3 is 13.5 Å². The van der Waals surface area contributed by atoms with E-state index in [1.807, 2.05) is 35.0 Å². The second-order valence-corrected chi connectivity index (χ2v) is 21.2. The van der Waals surface area contributed by atoms with E-state index in [-0.39, 0.29) is 77.5 Å². The number of amides is 3. The number of fused-ring (bicyclic) bond motifs is 2. The van der Waals surface area contributed by atoms with Crippen molar-refractivity contribution in [2.24, 2.45) is 0 Å². The number of nitrogens with zero attached hydrogens (tertiary/aromatic N) is 3. The van der Waals surface area contributed by atoms with Crippen LogP contribution in [0.15, 0.2) is 84.9 Å². The highest BCUT2D eigenvalue weighted by Gasteiger charge is 2.58. The molecule has 0 radical (unpaired) electrons. The maximum atomic E-state index is 16.6. The predicted molar refractivity (Wildman–Crippen MR) is 243 cm³/mol. The summed E-state index contributed by atoms with van der Waals surface area (Å²) in [5.41, 5.74) is 0.953. The van der Waals surface area contributed by atoms with Gasteiger partial charge in [-0.25, -0.2) is 18.3 Å². The molecule has 8 rings (SSSR count). The fourth-order valence-corrected chi connectivity index (χ4v) is 12.9. The van der Waals surface area contributed by atoms with Gasteiger partial charge in [-0.2, -0.15) is 0 Å². The third-order valence-electron chi connectivity index (χ3n) is 13.6. The third-order valence-corrected chi connectivity index (χ3v) is 16.8. The van der Waals surface area contributed by atoms with Crippen LogP contribution in [-0.2, 0) is 23.7 Å². The van der Waals surface area contributed by atoms with Crippen molar-refractivity contribution < 1.29 is 46.2 Å². The fourth-order valence-electron chi connectivity index (χ4n) is 10.0. The number of carbonyl (C=O) groups excluding carboxylic acids is 4. The summed E-state index contributed by atoms with van der Waals surface area (Å²) < 4.78 is 69.1. The minimum absolute atomic E-state index is 0.0147. The van der Waals surface area contributed by atoms with E-state index in [2.05, 4.69) is 22.5 Å². The number of rotatable bonds is 16. The average Bonchev–Trinajstić information content (AvgIpc) is 3.57. The number of alkyl halides is 3. The number of thiophene rings is 1. The molecule has 12 nitrogen and oxygen atoms in total. The van der Waals surface area contributed by atoms with Crippen LogP contribution < -0.4 is 14.9 Å². The van der Waals surface area contributed by atoms with Gasteiger partial charge < -0.3 is 29.3 Å². The molecular weight excluding hydrogens is 879 g/mol. The molecule has 3 aromatic carbocycles. The standard InChI is InChI=1S/C48H57F3N5O7PS/c1-4-62-47(60)30(2)53-64(61,63-37-13-9-6-10-14-37)43(51)32-15-20-40-33(25-32)26-41(65-40)44(57)52-38-18-16-35(54(3)24-21-42(49)50)27-36-17-19-39(56(36)45(38)58)46(59)55-29-34(28-48(55)22-23-48)31-11-7-5-8-12-31/h5-15,20,25-26,30,34-36,38-39,42-43H,4,16-19,21-24,27-29H2,1-3H3,(H,52,57)(H,53,61)/t30-,34+,35-,36+,38-,39-,43+,64?/m0/s1. The Balaban J connectivity index is 1.03. The maximum absolute atomic E-state index is 16.6. The van der Waals surface area contributed by atoms with Gasteiger partial charge in [0, 0.05) is 47.8 Å². The Morgan fingerprint density at radius 3 is 2.38 bits per heavy atom. The highest BCUT2D eigenvalue weighted by Crippen LogP contribution is 2.58. The molecule has 348 valence electrons. The van der Waals surface area contributed by atoms with Gasteiger partial charge in [-0.15, -0.1) is 11.3 Å². The molecule has 4 aromatic rings. The van der Waals surface area contributed by atoms with E-state index in [4.69, 9.17) is 9.26 Å². The largest absolute Gasteiger partial charge is 0.465 e. The van der Waals surface area contributed by atoms with Crippen molar-refractivity contribution in [1.82, 2.24) is 25.1 Å². The zero-order chi connectivity index (χ0) is 46.0. The molecule has 2 N–H and O–H groups in total. The summed E-state index contributed by atoms with van der Waals surface area (Å²) in [4.78, 5) is 62.1. The lowest BCUT2D eigenvalue weighted by atomic mass is 9.93. The highest BCUT2D eigenvalue weighted by atomic mass is 32.1. The number of ether oxygens (including phenoxy) is 1. The SMILES string of the molecule is CCOC(=O)[C@H](C)NP(=O)(Oc1ccccc1)[C@@H](F)c1ccc2sc(C(=O)N[C@H]3CC[C@H](N(C)CCC(F)F)C[C@H]4CC[C@@H](C(=O)N5C[C@H](c6ccccc6)CC56CC6)N4C3=O)cc2c1. The van der Waals surface area contributed by atoms with Crippen molar-refractivity contribution in [3.63, 3.8) is 0 Å². The van der Waals surface area contributed by atoms with Gasteiger partial charge in [0.2, 0.25) is 24.2 Å². The Morgan fingerprint density at radius 1 is 0.969 bits per heavy atom. The van der Waals surface area contributed by atoms with E-state index in [1.54, 1.807) is 42.2 Å². The second-order valence-electron chi connectivity index (χ2n) is 18.0. The number of hydrogen-bond acceptors (Lipinski definition) is 9. The van der Waals surface area contributed by atoms with Crippen LogP contribution in [0.4, 0.5) is 13.2 Å². The molecule has 3 aliphatic heterocycles. The van der Waals surface area contributed by atoms with Crippen LogP contribution >= 0.6 is 18.9 Å². The lowest BCUT2D eigenvalue weighted by molar-refractivity contribution is -0.148. The van der Waals surface area contributed by atoms with E-state index in [0.29, 0.717) is 42.3 Å². The zero-order valence-corrected chi connectivity index (χ0v) is 38.6. The van der Waals surface area contributed by atoms with E-state index in [0.717, 1.165) is 30.6 Å². The average molecular weight is 936 g/mol. The van der Waals surface area contributed by atoms with Gasteiger partial charge in [0.25, 0.3) is 5.91 Å². The first kappa shape index (κ1) is 46.8. The molecule has 1 aliphatic carbocycles. The molecule has 8 atom stereocenters. The minimum atomic E-state index is -4.49. The summed E-state index contributed by atoms with van der Waals surface area (Å²) in [7, 11) is -2.68. The number of benzene rings is 3. The van der Waals surface area contributed by atoms with Crippen LogP contribution in [0.3, 0.4) is 0 Å². The molecule has 0 bridgehead atoms. The summed E-state index contributed by atoms with van der Waals surface area (Å²) in [6.07, 6.45) is 2.23. The van der Waals surface area contributed by atoms with Crippen LogP contribution in [0.25, 0.3) is 10.1 Å². The van der Waals surface area contributed by atoms with E-state index in [9.17, 15) is 32.5 Å². The quantitative estimate of drug-likeness (QED) is 0.0834. The summed E-state index contributed by atoms with van der Waals surface area (Å²) in [5.74, 6) is -3.57. The summed E-state index contributed by atoms with van der Waals surface area (Å²) >= 11 is 1.14. The third kappa shape index (κ3) is 10.2. The van der Waals surface area contributed by atoms with Crippen LogP contribution in [0.5, 0.6) is 5.75 Å². The van der Waals surface area contributed by atoms with Crippen molar-refractivity contribution in [2.45, 2.75) is 126 Å². The molecule has 1 spiro atoms. The molecule has 1 unspecified atom stereocenters. The molecule has 1 saturated carbocycles. The number of carbonyl (C=O) groups is 4. The van der Waals surface area contributed by atoms with Gasteiger partial charge in [0.05, 0.1) is 11.5 Å². The fraction of sp³-hybridized carbons (Fsp3) is 0.500. The van der Waals surface area contributed by atoms with Gasteiger partial charge in [-0.1, -0.05) is 54.6 Å². The smallest absolute Gasteiger partial charge is 0.355 e. The lowest BCUT2D eigenvalue weighted by Gasteiger charge is -2.41. The normalized spacial score (nSPS) is 24.6. The molecule has 4 heterocycles. The predicted octanol–water partition coefficient (Wildman–Crippen LogP) is 8.83. The summed E-state index contributed by atoms with van der Waals surface area (Å²) in [5, 5.41) is 6.02. The lowest BCUT2D eigenvalue weighted by Crippen LogP contribution is -2.59. The molecule has 4 aliphatic rings. The van der Waals surface area contributed by atoms with Crippen molar-refractivity contribution in [2.75, 3.05) is 26.7 Å². The molecule has 3 saturated heterocycles. The van der Waals surface area contributed by atoms with Gasteiger partial charge in [0.15, 0.2) is 0 Å². The maximum Gasteiger partial charge on any atom is 0.355 e. The Kier molecular flexibility index (Phi) is 14.1. The van der Waals surface area contributed by atoms with Crippen LogP contribution in [-0.4, -0.2) is 107 Å². The van der Waals surface area contributed by atoms with Crippen molar-refractivity contribution in [1.29, 1.82) is 0 Å². The highest BCUT2D eigenvalue weighted by molar-refractivity contribution is 7.57. The number of hydrogen-bond donors (Lipinski definition) is 2. The van der Waals surface area contributed by atoms with Gasteiger partial charge in [-0.3, -0.25) is 23.7 Å². The van der Waals surface area contributed by atoms with Gasteiger partial charge in [0.1, 0.15) is 23.9 Å². The van der Waals surface area contributed by atoms with Crippen LogP contribution in [0.2, 0.25) is 0 Å². The van der Waals surface area contributed by atoms with E-state index in [1.165, 1.54) is 36.8 Å². The Labute approximate surface area is 381 Å². The van der Waals surface area contributed by atoms with Gasteiger partial charge in [-0.05, 0) is 119 Å². The van der Waals surface area contributed by atoms with E-state index < -0.39 is 49.9 Å². The Bertz CT molecular complexity index is 2410. The molecular formula is C48H57F3N5O7PS. The number of halogens is 3. The summed E-state index contributed by atoms with van der Waals surface area (Å²) in [6, 6.07) is 21.0. The summed E-state index contributed by atoms with van der Waals surface area (Å²) in [6.45, 7) is 3.84. The zero-order valence-electron chi connectivity index (χ0n) is 36.9. The van der Waals surface area contributed by atoms with Crippen LogP contribution in [0.1, 0.15) is 104 Å². The topological polar surface area (TPSA) is 138 Å². The molecule has 65 heavy (non-hydrogen) atoms.